The van der Waals surface area contributed by atoms with E-state index in [4.69, 9.17) is 11.6 Å². The number of amides is 1. The Hall–Kier alpha value is -2.95. The van der Waals surface area contributed by atoms with E-state index in [0.717, 1.165) is 11.1 Å². The average molecular weight is 447 g/mol. The summed E-state index contributed by atoms with van der Waals surface area (Å²) in [5.41, 5.74) is 5.00. The molecule has 1 amide bonds. The van der Waals surface area contributed by atoms with E-state index in [0.29, 0.717) is 30.1 Å². The number of carbonyl (C=O) groups is 2. The summed E-state index contributed by atoms with van der Waals surface area (Å²) in [6.07, 6.45) is 0.657. The van der Waals surface area contributed by atoms with Crippen molar-refractivity contribution in [2.75, 3.05) is 0 Å². The van der Waals surface area contributed by atoms with Crippen molar-refractivity contribution in [3.63, 3.8) is 0 Å². The van der Waals surface area contributed by atoms with Crippen LogP contribution in [0.2, 0.25) is 5.02 Å². The fraction of sp³-hybridized carbons (Fsp3) is 0.259. The standard InChI is InChI=1S/C27H27ClN2O2/c1-18(24-9-5-6-10-25(24)28)30(17-20-11-13-21(14-12-20)19(2)31)27(32)26-15-22-7-3-4-8-23(22)16-29-26/h3-14,18,26,29H,15-17H2,1-2H3/t18-,26+/m1/s1. The van der Waals surface area contributed by atoms with Crippen LogP contribution in [-0.4, -0.2) is 22.6 Å². The maximum absolute atomic E-state index is 13.8. The van der Waals surface area contributed by atoms with Gasteiger partial charge in [-0.3, -0.25) is 9.59 Å². The van der Waals surface area contributed by atoms with Gasteiger partial charge in [0.05, 0.1) is 12.1 Å². The van der Waals surface area contributed by atoms with Gasteiger partial charge >= 0.3 is 0 Å². The zero-order chi connectivity index (χ0) is 22.7. The van der Waals surface area contributed by atoms with E-state index < -0.39 is 0 Å². The molecule has 0 aliphatic carbocycles. The minimum atomic E-state index is -0.300. The van der Waals surface area contributed by atoms with E-state index in [-0.39, 0.29) is 23.8 Å². The van der Waals surface area contributed by atoms with E-state index in [2.05, 4.69) is 17.4 Å². The average Bonchev–Trinajstić information content (AvgIpc) is 2.82. The largest absolute Gasteiger partial charge is 0.330 e. The van der Waals surface area contributed by atoms with Gasteiger partial charge in [0.25, 0.3) is 0 Å². The summed E-state index contributed by atoms with van der Waals surface area (Å²) < 4.78 is 0. The predicted molar refractivity (Wildman–Crippen MR) is 128 cm³/mol. The number of halogens is 1. The molecule has 32 heavy (non-hydrogen) atoms. The molecule has 0 unspecified atom stereocenters. The number of nitrogens with zero attached hydrogens (tertiary/aromatic N) is 1. The van der Waals surface area contributed by atoms with Crippen molar-refractivity contribution in [3.05, 3.63) is 106 Å². The van der Waals surface area contributed by atoms with Gasteiger partial charge in [-0.15, -0.1) is 0 Å². The molecule has 4 rings (SSSR count). The number of hydrogen-bond donors (Lipinski definition) is 1. The van der Waals surface area contributed by atoms with Gasteiger partial charge in [0, 0.05) is 23.7 Å². The van der Waals surface area contributed by atoms with Gasteiger partial charge in [-0.05, 0) is 48.6 Å². The van der Waals surface area contributed by atoms with Crippen molar-refractivity contribution in [2.45, 2.75) is 45.4 Å². The molecule has 0 fully saturated rings. The Labute approximate surface area is 194 Å². The molecule has 0 aromatic heterocycles. The van der Waals surface area contributed by atoms with E-state index in [1.807, 2.05) is 72.5 Å². The first-order chi connectivity index (χ1) is 15.4. The SMILES string of the molecule is CC(=O)c1ccc(CN(C(=O)[C@@H]2Cc3ccccc3CN2)[C@H](C)c2ccccc2Cl)cc1. The lowest BCUT2D eigenvalue weighted by atomic mass is 9.94. The van der Waals surface area contributed by atoms with Crippen LogP contribution in [0.25, 0.3) is 0 Å². The lowest BCUT2D eigenvalue weighted by Gasteiger charge is -2.35. The van der Waals surface area contributed by atoms with Crippen LogP contribution in [0.3, 0.4) is 0 Å². The lowest BCUT2D eigenvalue weighted by Crippen LogP contribution is -2.49. The maximum Gasteiger partial charge on any atom is 0.240 e. The number of carbonyl (C=O) groups excluding carboxylic acids is 2. The number of ketones is 1. The van der Waals surface area contributed by atoms with Crippen molar-refractivity contribution < 1.29 is 9.59 Å². The summed E-state index contributed by atoms with van der Waals surface area (Å²) in [6.45, 7) is 4.67. The van der Waals surface area contributed by atoms with Crippen LogP contribution in [0.1, 0.15) is 52.5 Å². The van der Waals surface area contributed by atoms with E-state index in [1.54, 1.807) is 6.92 Å². The second kappa shape index (κ2) is 9.68. The third kappa shape index (κ3) is 4.77. The van der Waals surface area contributed by atoms with Gasteiger partial charge in [-0.2, -0.15) is 0 Å². The molecule has 0 bridgehead atoms. The number of rotatable bonds is 6. The Morgan fingerprint density at radius 2 is 1.66 bits per heavy atom. The molecule has 3 aromatic carbocycles. The molecular formula is C27H27ClN2O2. The highest BCUT2D eigenvalue weighted by Crippen LogP contribution is 2.30. The molecule has 0 saturated carbocycles. The molecule has 0 spiro atoms. The van der Waals surface area contributed by atoms with Crippen molar-refractivity contribution in [1.29, 1.82) is 0 Å². The summed E-state index contributed by atoms with van der Waals surface area (Å²) in [6, 6.07) is 22.9. The Kier molecular flexibility index (Phi) is 6.73. The number of nitrogens with one attached hydrogen (secondary N) is 1. The van der Waals surface area contributed by atoms with Crippen LogP contribution < -0.4 is 5.32 Å². The molecular weight excluding hydrogens is 420 g/mol. The molecule has 4 nitrogen and oxygen atoms in total. The van der Waals surface area contributed by atoms with Crippen LogP contribution in [0.15, 0.2) is 72.8 Å². The monoisotopic (exact) mass is 446 g/mol. The Balaban J connectivity index is 1.63. The van der Waals surface area contributed by atoms with Gasteiger partial charge in [-0.1, -0.05) is 78.3 Å². The van der Waals surface area contributed by atoms with Crippen LogP contribution in [0.4, 0.5) is 0 Å². The van der Waals surface area contributed by atoms with Gasteiger partial charge in [0.2, 0.25) is 5.91 Å². The Bertz CT molecular complexity index is 1130. The highest BCUT2D eigenvalue weighted by atomic mass is 35.5. The van der Waals surface area contributed by atoms with Gasteiger partial charge in [-0.25, -0.2) is 0 Å². The molecule has 1 N–H and O–H groups in total. The minimum Gasteiger partial charge on any atom is -0.330 e. The number of benzene rings is 3. The fourth-order valence-corrected chi connectivity index (χ4v) is 4.55. The molecule has 1 aliphatic rings. The van der Waals surface area contributed by atoms with E-state index in [1.165, 1.54) is 11.1 Å². The van der Waals surface area contributed by atoms with E-state index in [9.17, 15) is 9.59 Å². The van der Waals surface area contributed by atoms with Crippen LogP contribution in [-0.2, 0) is 24.3 Å². The van der Waals surface area contributed by atoms with Crippen LogP contribution >= 0.6 is 11.6 Å². The summed E-state index contributed by atoms with van der Waals surface area (Å²) in [5, 5.41) is 4.06. The molecule has 0 saturated heterocycles. The van der Waals surface area contributed by atoms with Crippen molar-refractivity contribution in [2.24, 2.45) is 0 Å². The number of Topliss-reactive ketones (excluding diaryl/α,β-unsaturated/α-hetero) is 1. The molecule has 164 valence electrons. The smallest absolute Gasteiger partial charge is 0.240 e. The summed E-state index contributed by atoms with van der Waals surface area (Å²) in [7, 11) is 0. The third-order valence-electron chi connectivity index (χ3n) is 6.20. The molecule has 5 heteroatoms. The molecule has 1 aliphatic heterocycles. The zero-order valence-electron chi connectivity index (χ0n) is 18.3. The van der Waals surface area contributed by atoms with Gasteiger partial charge in [0.15, 0.2) is 5.78 Å². The zero-order valence-corrected chi connectivity index (χ0v) is 19.1. The summed E-state index contributed by atoms with van der Waals surface area (Å²) >= 11 is 6.49. The summed E-state index contributed by atoms with van der Waals surface area (Å²) in [4.78, 5) is 27.3. The first-order valence-electron chi connectivity index (χ1n) is 10.9. The topological polar surface area (TPSA) is 49.4 Å². The minimum absolute atomic E-state index is 0.0268. The molecule has 1 heterocycles. The Morgan fingerprint density at radius 3 is 2.34 bits per heavy atom. The second-order valence-corrected chi connectivity index (χ2v) is 8.73. The quantitative estimate of drug-likeness (QED) is 0.519. The van der Waals surface area contributed by atoms with Crippen molar-refractivity contribution in [1.82, 2.24) is 10.2 Å². The van der Waals surface area contributed by atoms with Crippen LogP contribution in [0.5, 0.6) is 0 Å². The first kappa shape index (κ1) is 22.3. The third-order valence-corrected chi connectivity index (χ3v) is 6.54. The number of fused-ring (bicyclic) bond motifs is 1. The van der Waals surface area contributed by atoms with Crippen LogP contribution in [0, 0.1) is 0 Å². The molecule has 0 radical (unpaired) electrons. The van der Waals surface area contributed by atoms with Gasteiger partial charge in [0.1, 0.15) is 0 Å². The highest BCUT2D eigenvalue weighted by Gasteiger charge is 2.31. The predicted octanol–water partition coefficient (Wildman–Crippen LogP) is 5.35. The Morgan fingerprint density at radius 1 is 1.00 bits per heavy atom. The van der Waals surface area contributed by atoms with Gasteiger partial charge < -0.3 is 10.2 Å². The van der Waals surface area contributed by atoms with E-state index >= 15 is 0 Å². The van der Waals surface area contributed by atoms with Crippen molar-refractivity contribution >= 4 is 23.3 Å². The summed E-state index contributed by atoms with van der Waals surface area (Å²) in [5.74, 6) is 0.0709. The highest BCUT2D eigenvalue weighted by molar-refractivity contribution is 6.31. The first-order valence-corrected chi connectivity index (χ1v) is 11.3. The lowest BCUT2D eigenvalue weighted by molar-refractivity contribution is -0.136. The normalized spacial score (nSPS) is 16.2. The second-order valence-electron chi connectivity index (χ2n) is 8.32. The molecule has 2 atom stereocenters. The maximum atomic E-state index is 13.8. The number of hydrogen-bond acceptors (Lipinski definition) is 3. The van der Waals surface area contributed by atoms with Crippen molar-refractivity contribution in [3.8, 4) is 0 Å². The fourth-order valence-electron chi connectivity index (χ4n) is 4.26. The molecule has 3 aromatic rings.